The molecule has 0 saturated heterocycles. The van der Waals surface area contributed by atoms with Crippen LogP contribution in [0, 0.1) is 0 Å². The van der Waals surface area contributed by atoms with Gasteiger partial charge in [0.25, 0.3) is 0 Å². The van der Waals surface area contributed by atoms with Gasteiger partial charge in [-0.2, -0.15) is 0 Å². The molecule has 0 saturated carbocycles. The lowest BCUT2D eigenvalue weighted by atomic mass is 9.90. The van der Waals surface area contributed by atoms with Gasteiger partial charge >= 0.3 is 0 Å². The van der Waals surface area contributed by atoms with Crippen molar-refractivity contribution in [3.63, 3.8) is 0 Å². The van der Waals surface area contributed by atoms with Crippen LogP contribution in [-0.4, -0.2) is 24.4 Å². The number of hydrogen-bond donors (Lipinski definition) is 0. The Labute approximate surface area is 156 Å². The Balaban J connectivity index is 2.15. The second kappa shape index (κ2) is 7.79. The predicted molar refractivity (Wildman–Crippen MR) is 114 cm³/mol. The third-order valence-electron chi connectivity index (χ3n) is 4.54. The molecule has 0 aromatic heterocycles. The van der Waals surface area contributed by atoms with Crippen molar-refractivity contribution in [2.75, 3.05) is 14.1 Å². The van der Waals surface area contributed by atoms with Gasteiger partial charge in [0.2, 0.25) is 0 Å². The van der Waals surface area contributed by atoms with Crippen LogP contribution >= 0.6 is 0 Å². The Morgan fingerprint density at radius 3 is 1.46 bits per heavy atom. The lowest BCUT2D eigenvalue weighted by Crippen LogP contribution is -2.10. The van der Waals surface area contributed by atoms with Gasteiger partial charge in [-0.25, -0.2) is 4.58 Å². The van der Waals surface area contributed by atoms with Gasteiger partial charge in [0.15, 0.2) is 5.71 Å². The molecule has 1 aliphatic rings. The summed E-state index contributed by atoms with van der Waals surface area (Å²) in [5, 5.41) is 0. The summed E-state index contributed by atoms with van der Waals surface area (Å²) in [4.78, 5) is 0. The highest BCUT2D eigenvalue weighted by molar-refractivity contribution is 6.03. The van der Waals surface area contributed by atoms with Gasteiger partial charge in [-0.15, -0.1) is 0 Å². The molecule has 128 valence electrons. The van der Waals surface area contributed by atoms with E-state index < -0.39 is 0 Å². The molecule has 3 rings (SSSR count). The smallest absolute Gasteiger partial charge is 0.199 e. The Kier molecular flexibility index (Phi) is 5.28. The molecule has 26 heavy (non-hydrogen) atoms. The Morgan fingerprint density at radius 1 is 0.692 bits per heavy atom. The molecule has 0 amide bonds. The minimum Gasteiger partial charge on any atom is -0.235 e. The first kappa shape index (κ1) is 17.6. The van der Waals surface area contributed by atoms with Gasteiger partial charge in [0, 0.05) is 12.2 Å². The minimum absolute atomic E-state index is 1.12. The molecule has 1 heteroatoms. The Morgan fingerprint density at radius 2 is 1.12 bits per heavy atom. The summed E-state index contributed by atoms with van der Waals surface area (Å²) in [5.74, 6) is 0. The molecule has 0 radical (unpaired) electrons. The van der Waals surface area contributed by atoms with Crippen LogP contribution in [0.3, 0.4) is 0 Å². The molecule has 0 atom stereocenters. The third kappa shape index (κ3) is 3.73. The molecule has 0 N–H and O–H groups in total. The fourth-order valence-electron chi connectivity index (χ4n) is 3.00. The lowest BCUT2D eigenvalue weighted by Gasteiger charge is -2.14. The second-order valence-electron chi connectivity index (χ2n) is 6.47. The van der Waals surface area contributed by atoms with Crippen LogP contribution in [0.15, 0.2) is 91.6 Å². The molecule has 1 nitrogen and oxygen atoms in total. The summed E-state index contributed by atoms with van der Waals surface area (Å²) >= 11 is 0. The topological polar surface area (TPSA) is 3.01 Å². The Hall–Kier alpha value is -3.19. The van der Waals surface area contributed by atoms with Crippen molar-refractivity contribution in [3.05, 3.63) is 114 Å². The van der Waals surface area contributed by atoms with Crippen LogP contribution in [0.5, 0.6) is 0 Å². The molecule has 0 unspecified atom stereocenters. The van der Waals surface area contributed by atoms with Crippen molar-refractivity contribution in [1.29, 1.82) is 0 Å². The largest absolute Gasteiger partial charge is 0.235 e. The van der Waals surface area contributed by atoms with Crippen LogP contribution in [-0.2, 0) is 0 Å². The van der Waals surface area contributed by atoms with E-state index >= 15 is 0 Å². The summed E-state index contributed by atoms with van der Waals surface area (Å²) in [6.07, 6.45) is 12.4. The van der Waals surface area contributed by atoms with Gasteiger partial charge in [0.1, 0.15) is 14.1 Å². The average molecular weight is 338 g/mol. The van der Waals surface area contributed by atoms with E-state index in [1.807, 2.05) is 12.2 Å². The molecule has 0 fully saturated rings. The zero-order valence-electron chi connectivity index (χ0n) is 15.4. The molecular weight excluding hydrogens is 314 g/mol. The third-order valence-corrected chi connectivity index (χ3v) is 4.54. The van der Waals surface area contributed by atoms with Gasteiger partial charge in [-0.3, -0.25) is 0 Å². The SMILES string of the molecule is C=Cc1ccc(C(=C2C=CC(=[N+](C)C)C=C2)c2ccc(C=C)cc2)cc1. The van der Waals surface area contributed by atoms with Gasteiger partial charge in [0.05, 0.1) is 0 Å². The fourth-order valence-corrected chi connectivity index (χ4v) is 3.00. The van der Waals surface area contributed by atoms with Gasteiger partial charge < -0.3 is 0 Å². The van der Waals surface area contributed by atoms with E-state index in [0.29, 0.717) is 0 Å². The molecule has 0 spiro atoms. The number of rotatable bonds is 4. The molecule has 1 aliphatic carbocycles. The molecule has 2 aromatic rings. The first-order valence-electron chi connectivity index (χ1n) is 8.73. The van der Waals surface area contributed by atoms with E-state index in [0.717, 1.165) is 11.1 Å². The normalized spacial score (nSPS) is 12.8. The summed E-state index contributed by atoms with van der Waals surface area (Å²) in [5.41, 5.74) is 8.25. The minimum atomic E-state index is 1.12. The van der Waals surface area contributed by atoms with Crippen LogP contribution in [0.4, 0.5) is 0 Å². The second-order valence-corrected chi connectivity index (χ2v) is 6.47. The maximum atomic E-state index is 3.85. The summed E-state index contributed by atoms with van der Waals surface area (Å²) in [6.45, 7) is 7.69. The molecular formula is C25H24N+. The van der Waals surface area contributed by atoms with E-state index in [4.69, 9.17) is 0 Å². The van der Waals surface area contributed by atoms with Gasteiger partial charge in [-0.05, 0) is 45.6 Å². The predicted octanol–water partition coefficient (Wildman–Crippen LogP) is 5.61. The lowest BCUT2D eigenvalue weighted by molar-refractivity contribution is -0.462. The highest BCUT2D eigenvalue weighted by Crippen LogP contribution is 2.30. The molecule has 0 aliphatic heterocycles. The van der Waals surface area contributed by atoms with E-state index in [1.165, 1.54) is 28.0 Å². The van der Waals surface area contributed by atoms with Gasteiger partial charge in [-0.1, -0.05) is 73.8 Å². The van der Waals surface area contributed by atoms with Crippen molar-refractivity contribution in [1.82, 2.24) is 0 Å². The van der Waals surface area contributed by atoms with Crippen LogP contribution in [0.25, 0.3) is 17.7 Å². The first-order valence-corrected chi connectivity index (χ1v) is 8.73. The number of benzene rings is 2. The van der Waals surface area contributed by atoms with Crippen molar-refractivity contribution in [2.45, 2.75) is 0 Å². The summed E-state index contributed by atoms with van der Waals surface area (Å²) < 4.78 is 2.11. The average Bonchev–Trinajstić information content (AvgIpc) is 2.69. The standard InChI is InChI=1S/C25H24N/c1-5-19-7-11-21(12-8-19)25(22-13-9-20(6-2)10-14-22)23-15-17-24(18-16-23)26(3)4/h5-18H,1-2H2,3-4H3/q+1. The first-order chi connectivity index (χ1) is 12.6. The summed E-state index contributed by atoms with van der Waals surface area (Å²) in [7, 11) is 4.11. The molecule has 0 heterocycles. The fraction of sp³-hybridized carbons (Fsp3) is 0.0800. The number of nitrogens with zero attached hydrogens (tertiary/aromatic N) is 1. The van der Waals surface area contributed by atoms with Crippen molar-refractivity contribution >= 4 is 23.4 Å². The van der Waals surface area contributed by atoms with Crippen LogP contribution in [0.2, 0.25) is 0 Å². The monoisotopic (exact) mass is 338 g/mol. The van der Waals surface area contributed by atoms with E-state index in [2.05, 4.69) is 105 Å². The maximum absolute atomic E-state index is 3.85. The van der Waals surface area contributed by atoms with E-state index in [-0.39, 0.29) is 0 Å². The number of allylic oxidation sites excluding steroid dienone is 5. The summed E-state index contributed by atoms with van der Waals surface area (Å²) in [6, 6.07) is 17.1. The van der Waals surface area contributed by atoms with Crippen LogP contribution in [0.1, 0.15) is 22.3 Å². The van der Waals surface area contributed by atoms with Crippen molar-refractivity contribution < 1.29 is 4.58 Å². The maximum Gasteiger partial charge on any atom is 0.199 e. The molecule has 0 bridgehead atoms. The number of hydrogen-bond acceptors (Lipinski definition) is 0. The van der Waals surface area contributed by atoms with Crippen molar-refractivity contribution in [3.8, 4) is 0 Å². The van der Waals surface area contributed by atoms with Crippen molar-refractivity contribution in [2.24, 2.45) is 0 Å². The quantitative estimate of drug-likeness (QED) is 0.637. The van der Waals surface area contributed by atoms with E-state index in [9.17, 15) is 0 Å². The zero-order chi connectivity index (χ0) is 18.5. The highest BCUT2D eigenvalue weighted by Gasteiger charge is 2.13. The highest BCUT2D eigenvalue weighted by atomic mass is 14.9. The molecule has 2 aromatic carbocycles. The Bertz CT molecular complexity index is 871. The van der Waals surface area contributed by atoms with Crippen LogP contribution < -0.4 is 0 Å². The van der Waals surface area contributed by atoms with E-state index in [1.54, 1.807) is 0 Å². The zero-order valence-corrected chi connectivity index (χ0v) is 15.4.